The third kappa shape index (κ3) is 3.57. The zero-order valence-electron chi connectivity index (χ0n) is 13.4. The third-order valence-corrected chi connectivity index (χ3v) is 3.67. The Labute approximate surface area is 122 Å². The van der Waals surface area contributed by atoms with E-state index in [0.717, 1.165) is 5.56 Å². The standard InChI is InChI=1S/C16H27NO3/c1-7-8-11(2)15(17-3)12-9-13(18-4)16(20-6)14(10-12)19-5/h9-11,15,17H,7-8H2,1-6H3. The lowest BCUT2D eigenvalue weighted by Gasteiger charge is -2.25. The average molecular weight is 281 g/mol. The summed E-state index contributed by atoms with van der Waals surface area (Å²) in [6.07, 6.45) is 2.34. The minimum Gasteiger partial charge on any atom is -0.493 e. The van der Waals surface area contributed by atoms with E-state index in [1.54, 1.807) is 21.3 Å². The molecule has 0 aliphatic carbocycles. The van der Waals surface area contributed by atoms with Crippen LogP contribution in [0.5, 0.6) is 17.2 Å². The van der Waals surface area contributed by atoms with Crippen LogP contribution in [-0.2, 0) is 0 Å². The monoisotopic (exact) mass is 281 g/mol. The molecular formula is C16H27NO3. The Morgan fingerprint density at radius 1 is 1.05 bits per heavy atom. The van der Waals surface area contributed by atoms with Crippen molar-refractivity contribution >= 4 is 0 Å². The highest BCUT2D eigenvalue weighted by atomic mass is 16.5. The molecule has 0 saturated carbocycles. The molecule has 1 aromatic rings. The predicted molar refractivity (Wildman–Crippen MR) is 82.0 cm³/mol. The van der Waals surface area contributed by atoms with Crippen molar-refractivity contribution in [3.63, 3.8) is 0 Å². The highest BCUT2D eigenvalue weighted by Crippen LogP contribution is 2.41. The Bertz CT molecular complexity index is 395. The number of hydrogen-bond donors (Lipinski definition) is 1. The minimum absolute atomic E-state index is 0.267. The van der Waals surface area contributed by atoms with Gasteiger partial charge in [-0.1, -0.05) is 20.3 Å². The lowest BCUT2D eigenvalue weighted by atomic mass is 9.90. The van der Waals surface area contributed by atoms with Crippen LogP contribution >= 0.6 is 0 Å². The van der Waals surface area contributed by atoms with E-state index in [9.17, 15) is 0 Å². The molecule has 4 heteroatoms. The molecule has 0 heterocycles. The Hall–Kier alpha value is -1.42. The summed E-state index contributed by atoms with van der Waals surface area (Å²) in [5, 5.41) is 3.39. The second kappa shape index (κ2) is 8.00. The van der Waals surface area contributed by atoms with E-state index in [1.165, 1.54) is 12.8 Å². The summed E-state index contributed by atoms with van der Waals surface area (Å²) in [6.45, 7) is 4.46. The van der Waals surface area contributed by atoms with Crippen molar-refractivity contribution in [1.82, 2.24) is 5.32 Å². The zero-order chi connectivity index (χ0) is 15.1. The first-order valence-electron chi connectivity index (χ1n) is 7.10. The van der Waals surface area contributed by atoms with Gasteiger partial charge in [-0.05, 0) is 37.1 Å². The fourth-order valence-corrected chi connectivity index (χ4v) is 2.68. The van der Waals surface area contributed by atoms with E-state index in [-0.39, 0.29) is 6.04 Å². The van der Waals surface area contributed by atoms with Gasteiger partial charge in [0, 0.05) is 6.04 Å². The topological polar surface area (TPSA) is 39.7 Å². The summed E-state index contributed by atoms with van der Waals surface area (Å²) in [7, 11) is 6.89. The Balaban J connectivity index is 3.22. The fourth-order valence-electron chi connectivity index (χ4n) is 2.68. The second-order valence-electron chi connectivity index (χ2n) is 4.99. The van der Waals surface area contributed by atoms with Crippen molar-refractivity contribution in [3.05, 3.63) is 17.7 Å². The van der Waals surface area contributed by atoms with E-state index in [4.69, 9.17) is 14.2 Å². The molecule has 0 aromatic heterocycles. The van der Waals surface area contributed by atoms with Crippen molar-refractivity contribution in [2.75, 3.05) is 28.4 Å². The maximum absolute atomic E-state index is 5.42. The highest BCUT2D eigenvalue weighted by molar-refractivity contribution is 5.54. The molecule has 0 aliphatic rings. The lowest BCUT2D eigenvalue weighted by Crippen LogP contribution is -2.23. The molecule has 4 nitrogen and oxygen atoms in total. The van der Waals surface area contributed by atoms with Crippen molar-refractivity contribution in [2.24, 2.45) is 5.92 Å². The Kier molecular flexibility index (Phi) is 6.65. The van der Waals surface area contributed by atoms with Crippen molar-refractivity contribution in [3.8, 4) is 17.2 Å². The maximum Gasteiger partial charge on any atom is 0.203 e. The Morgan fingerprint density at radius 3 is 1.95 bits per heavy atom. The van der Waals surface area contributed by atoms with Crippen LogP contribution in [-0.4, -0.2) is 28.4 Å². The zero-order valence-corrected chi connectivity index (χ0v) is 13.4. The number of benzene rings is 1. The molecule has 1 aromatic carbocycles. The van der Waals surface area contributed by atoms with Gasteiger partial charge in [0.05, 0.1) is 21.3 Å². The van der Waals surface area contributed by atoms with Crippen LogP contribution in [0, 0.1) is 5.92 Å². The van der Waals surface area contributed by atoms with Gasteiger partial charge >= 0.3 is 0 Å². The van der Waals surface area contributed by atoms with E-state index < -0.39 is 0 Å². The van der Waals surface area contributed by atoms with Crippen LogP contribution in [0.1, 0.15) is 38.3 Å². The first kappa shape index (κ1) is 16.6. The summed E-state index contributed by atoms with van der Waals surface area (Å²) in [4.78, 5) is 0. The van der Waals surface area contributed by atoms with Crippen molar-refractivity contribution in [2.45, 2.75) is 32.7 Å². The molecule has 0 aliphatic heterocycles. The van der Waals surface area contributed by atoms with Crippen molar-refractivity contribution < 1.29 is 14.2 Å². The van der Waals surface area contributed by atoms with Gasteiger partial charge in [0.2, 0.25) is 5.75 Å². The third-order valence-electron chi connectivity index (χ3n) is 3.67. The molecule has 0 radical (unpaired) electrons. The van der Waals surface area contributed by atoms with Crippen LogP contribution in [0.15, 0.2) is 12.1 Å². The maximum atomic E-state index is 5.42. The molecule has 0 spiro atoms. The number of nitrogens with one attached hydrogen (secondary N) is 1. The van der Waals surface area contributed by atoms with E-state index in [2.05, 4.69) is 19.2 Å². The number of rotatable bonds is 8. The summed E-state index contributed by atoms with van der Waals surface area (Å²) < 4.78 is 16.2. The molecule has 114 valence electrons. The molecule has 2 atom stereocenters. The molecule has 20 heavy (non-hydrogen) atoms. The number of ether oxygens (including phenoxy) is 3. The normalized spacial score (nSPS) is 13.7. The molecule has 2 unspecified atom stereocenters. The van der Waals surface area contributed by atoms with Crippen LogP contribution in [0.25, 0.3) is 0 Å². The van der Waals surface area contributed by atoms with Gasteiger partial charge in [-0.15, -0.1) is 0 Å². The lowest BCUT2D eigenvalue weighted by molar-refractivity contribution is 0.320. The first-order valence-corrected chi connectivity index (χ1v) is 7.10. The number of methoxy groups -OCH3 is 3. The SMILES string of the molecule is CCCC(C)C(NC)c1cc(OC)c(OC)c(OC)c1. The quantitative estimate of drug-likeness (QED) is 0.792. The van der Waals surface area contributed by atoms with Gasteiger partial charge in [0.1, 0.15) is 0 Å². The van der Waals surface area contributed by atoms with Gasteiger partial charge in [0.25, 0.3) is 0 Å². The Morgan fingerprint density at radius 2 is 1.60 bits per heavy atom. The highest BCUT2D eigenvalue weighted by Gasteiger charge is 2.21. The van der Waals surface area contributed by atoms with Crippen LogP contribution < -0.4 is 19.5 Å². The molecule has 1 N–H and O–H groups in total. The summed E-state index contributed by atoms with van der Waals surface area (Å²) in [5.74, 6) is 2.57. The van der Waals surface area contributed by atoms with Gasteiger partial charge in [0.15, 0.2) is 11.5 Å². The van der Waals surface area contributed by atoms with E-state index in [0.29, 0.717) is 23.2 Å². The largest absolute Gasteiger partial charge is 0.493 e. The second-order valence-corrected chi connectivity index (χ2v) is 4.99. The molecule has 0 saturated heterocycles. The first-order chi connectivity index (χ1) is 9.62. The molecule has 1 rings (SSSR count). The fraction of sp³-hybridized carbons (Fsp3) is 0.625. The average Bonchev–Trinajstić information content (AvgIpc) is 2.47. The molecule has 0 bridgehead atoms. The summed E-state index contributed by atoms with van der Waals surface area (Å²) in [6, 6.07) is 4.31. The predicted octanol–water partition coefficient (Wildman–Crippen LogP) is 3.41. The number of hydrogen-bond acceptors (Lipinski definition) is 4. The molecule has 0 amide bonds. The van der Waals surface area contributed by atoms with Gasteiger partial charge in [-0.3, -0.25) is 0 Å². The molecule has 0 fully saturated rings. The molecular weight excluding hydrogens is 254 g/mol. The minimum atomic E-state index is 0.267. The van der Waals surface area contributed by atoms with Crippen LogP contribution in [0.4, 0.5) is 0 Å². The summed E-state index contributed by atoms with van der Waals surface area (Å²) >= 11 is 0. The van der Waals surface area contributed by atoms with Gasteiger partial charge in [-0.25, -0.2) is 0 Å². The van der Waals surface area contributed by atoms with E-state index >= 15 is 0 Å². The van der Waals surface area contributed by atoms with E-state index in [1.807, 2.05) is 19.2 Å². The smallest absolute Gasteiger partial charge is 0.203 e. The van der Waals surface area contributed by atoms with Crippen LogP contribution in [0.3, 0.4) is 0 Å². The van der Waals surface area contributed by atoms with Gasteiger partial charge < -0.3 is 19.5 Å². The van der Waals surface area contributed by atoms with Gasteiger partial charge in [-0.2, -0.15) is 0 Å². The summed E-state index contributed by atoms with van der Waals surface area (Å²) in [5.41, 5.74) is 1.16. The van der Waals surface area contributed by atoms with Crippen molar-refractivity contribution in [1.29, 1.82) is 0 Å². The van der Waals surface area contributed by atoms with Crippen LogP contribution in [0.2, 0.25) is 0 Å².